The second-order valence-corrected chi connectivity index (χ2v) is 5.35. The van der Waals surface area contributed by atoms with Crippen molar-refractivity contribution in [3.63, 3.8) is 0 Å². The highest BCUT2D eigenvalue weighted by molar-refractivity contribution is 5.79. The minimum atomic E-state index is -0.458. The Morgan fingerprint density at radius 1 is 1.21 bits per heavy atom. The molecule has 0 N–H and O–H groups in total. The highest BCUT2D eigenvalue weighted by Crippen LogP contribution is 2.20. The van der Waals surface area contributed by atoms with E-state index in [2.05, 4.69) is 10.3 Å². The molecule has 122 valence electrons. The third kappa shape index (κ3) is 3.48. The number of hydrogen-bond donors (Lipinski definition) is 0. The molecule has 0 atom stereocenters. The van der Waals surface area contributed by atoms with E-state index in [9.17, 15) is 9.18 Å². The Balaban J connectivity index is 1.73. The van der Waals surface area contributed by atoms with Gasteiger partial charge in [0.2, 0.25) is 0 Å². The van der Waals surface area contributed by atoms with Crippen molar-refractivity contribution in [2.75, 3.05) is 0 Å². The lowest BCUT2D eigenvalue weighted by molar-refractivity contribution is 0.111. The Hall–Kier alpha value is -3.02. The van der Waals surface area contributed by atoms with Gasteiger partial charge in [-0.2, -0.15) is 0 Å². The van der Waals surface area contributed by atoms with Crippen molar-refractivity contribution in [2.24, 2.45) is 0 Å². The fraction of sp³-hybridized carbons (Fsp3) is 0.167. The molecule has 0 fully saturated rings. The largest absolute Gasteiger partial charge is 0.486 e. The summed E-state index contributed by atoms with van der Waals surface area (Å²) < 4.78 is 20.6. The molecule has 0 bridgehead atoms. The quantitative estimate of drug-likeness (QED) is 0.653. The average Bonchev–Trinajstić information content (AvgIpc) is 2.94. The number of aromatic nitrogens is 3. The maximum Gasteiger partial charge on any atom is 0.153 e. The molecule has 3 aromatic rings. The summed E-state index contributed by atoms with van der Waals surface area (Å²) in [6.45, 7) is 2.62. The zero-order valence-electron chi connectivity index (χ0n) is 13.1. The smallest absolute Gasteiger partial charge is 0.153 e. The Kier molecular flexibility index (Phi) is 4.65. The van der Waals surface area contributed by atoms with Crippen LogP contribution in [0.5, 0.6) is 5.75 Å². The van der Waals surface area contributed by atoms with Crippen LogP contribution >= 0.6 is 0 Å². The number of rotatable bonds is 6. The SMILES string of the molecule is Cc1c(COc2cc(F)ccc2C=O)nnn1Cc1ccccc1. The topological polar surface area (TPSA) is 57.0 Å². The monoisotopic (exact) mass is 325 g/mol. The minimum Gasteiger partial charge on any atom is -0.486 e. The minimum absolute atomic E-state index is 0.116. The number of aldehydes is 1. The van der Waals surface area contributed by atoms with Crippen molar-refractivity contribution < 1.29 is 13.9 Å². The van der Waals surface area contributed by atoms with Crippen LogP contribution in [0.25, 0.3) is 0 Å². The van der Waals surface area contributed by atoms with Gasteiger partial charge in [0.1, 0.15) is 23.9 Å². The summed E-state index contributed by atoms with van der Waals surface area (Å²) in [6.07, 6.45) is 0.633. The van der Waals surface area contributed by atoms with Crippen LogP contribution in [0.1, 0.15) is 27.3 Å². The molecule has 2 aromatic carbocycles. The number of benzene rings is 2. The second kappa shape index (κ2) is 7.04. The molecule has 0 saturated heterocycles. The van der Waals surface area contributed by atoms with E-state index in [0.29, 0.717) is 24.1 Å². The van der Waals surface area contributed by atoms with Gasteiger partial charge in [0.25, 0.3) is 0 Å². The first-order valence-corrected chi connectivity index (χ1v) is 7.48. The van der Waals surface area contributed by atoms with Crippen LogP contribution in [0.15, 0.2) is 48.5 Å². The van der Waals surface area contributed by atoms with Crippen molar-refractivity contribution in [1.29, 1.82) is 0 Å². The van der Waals surface area contributed by atoms with Crippen molar-refractivity contribution in [1.82, 2.24) is 15.0 Å². The molecular formula is C18H16FN3O2. The molecule has 0 aliphatic carbocycles. The van der Waals surface area contributed by atoms with E-state index in [-0.39, 0.29) is 12.4 Å². The Morgan fingerprint density at radius 3 is 2.75 bits per heavy atom. The molecule has 0 amide bonds. The number of halogens is 1. The summed E-state index contributed by atoms with van der Waals surface area (Å²) in [6, 6.07) is 13.7. The van der Waals surface area contributed by atoms with Crippen LogP contribution in [0.4, 0.5) is 4.39 Å². The van der Waals surface area contributed by atoms with Crippen molar-refractivity contribution >= 4 is 6.29 Å². The molecule has 1 aromatic heterocycles. The number of hydrogen-bond acceptors (Lipinski definition) is 4. The molecule has 3 rings (SSSR count). The van der Waals surface area contributed by atoms with Crippen molar-refractivity contribution in [2.45, 2.75) is 20.1 Å². The standard InChI is InChI=1S/C18H16FN3O2/c1-13-17(12-24-18-9-16(19)8-7-15(18)11-23)20-21-22(13)10-14-5-3-2-4-6-14/h2-9,11H,10,12H2,1H3. The third-order valence-corrected chi connectivity index (χ3v) is 3.72. The second-order valence-electron chi connectivity index (χ2n) is 5.35. The Bertz CT molecular complexity index is 847. The third-order valence-electron chi connectivity index (χ3n) is 3.72. The number of ether oxygens (including phenoxy) is 1. The van der Waals surface area contributed by atoms with Gasteiger partial charge >= 0.3 is 0 Å². The molecule has 0 saturated carbocycles. The summed E-state index contributed by atoms with van der Waals surface area (Å²) in [5.41, 5.74) is 2.92. The molecular weight excluding hydrogens is 309 g/mol. The molecule has 0 unspecified atom stereocenters. The maximum absolute atomic E-state index is 13.3. The molecule has 0 aliphatic heterocycles. The van der Waals surface area contributed by atoms with Crippen LogP contribution in [0.2, 0.25) is 0 Å². The average molecular weight is 325 g/mol. The van der Waals surface area contributed by atoms with E-state index >= 15 is 0 Å². The lowest BCUT2D eigenvalue weighted by atomic mass is 10.2. The first kappa shape index (κ1) is 15.9. The lowest BCUT2D eigenvalue weighted by Gasteiger charge is -2.08. The van der Waals surface area contributed by atoms with Crippen molar-refractivity contribution in [3.8, 4) is 5.75 Å². The zero-order chi connectivity index (χ0) is 16.9. The van der Waals surface area contributed by atoms with Crippen molar-refractivity contribution in [3.05, 3.63) is 76.9 Å². The summed E-state index contributed by atoms with van der Waals surface area (Å²) in [5, 5.41) is 8.24. The summed E-state index contributed by atoms with van der Waals surface area (Å²) in [4.78, 5) is 11.0. The van der Waals surface area contributed by atoms with E-state index in [0.717, 1.165) is 11.3 Å². The molecule has 0 aliphatic rings. The zero-order valence-corrected chi connectivity index (χ0v) is 13.1. The molecule has 0 spiro atoms. The van der Waals surface area contributed by atoms with E-state index in [1.165, 1.54) is 18.2 Å². The van der Waals surface area contributed by atoms with E-state index < -0.39 is 5.82 Å². The highest BCUT2D eigenvalue weighted by Gasteiger charge is 2.11. The summed E-state index contributed by atoms with van der Waals surface area (Å²) in [7, 11) is 0. The lowest BCUT2D eigenvalue weighted by Crippen LogP contribution is -2.05. The van der Waals surface area contributed by atoms with Gasteiger partial charge in [0, 0.05) is 6.07 Å². The van der Waals surface area contributed by atoms with Crippen LogP contribution in [-0.4, -0.2) is 21.3 Å². The first-order valence-electron chi connectivity index (χ1n) is 7.48. The van der Waals surface area contributed by atoms with Gasteiger partial charge in [-0.05, 0) is 24.6 Å². The van der Waals surface area contributed by atoms with Gasteiger partial charge in [-0.1, -0.05) is 35.5 Å². The number of nitrogens with zero attached hydrogens (tertiary/aromatic N) is 3. The molecule has 0 radical (unpaired) electrons. The van der Waals surface area contributed by atoms with E-state index in [1.54, 1.807) is 4.68 Å². The van der Waals surface area contributed by atoms with Crippen LogP contribution < -0.4 is 4.74 Å². The summed E-state index contributed by atoms with van der Waals surface area (Å²) in [5.74, 6) is -0.262. The predicted octanol–water partition coefficient (Wildman–Crippen LogP) is 3.17. The fourth-order valence-corrected chi connectivity index (χ4v) is 2.31. The van der Waals surface area contributed by atoms with Gasteiger partial charge in [0.05, 0.1) is 17.8 Å². The van der Waals surface area contributed by atoms with E-state index in [4.69, 9.17) is 4.74 Å². The number of carbonyl (C=O) groups is 1. The van der Waals surface area contributed by atoms with Gasteiger partial charge in [-0.15, -0.1) is 5.10 Å². The van der Waals surface area contributed by atoms with Crippen LogP contribution in [0, 0.1) is 12.7 Å². The number of carbonyl (C=O) groups excluding carboxylic acids is 1. The first-order chi connectivity index (χ1) is 11.7. The predicted molar refractivity (Wildman–Crippen MR) is 86.4 cm³/mol. The molecule has 1 heterocycles. The normalized spacial score (nSPS) is 10.6. The molecule has 6 heteroatoms. The van der Waals surface area contributed by atoms with Gasteiger partial charge < -0.3 is 4.74 Å². The van der Waals surface area contributed by atoms with Gasteiger partial charge in [-0.3, -0.25) is 4.79 Å². The van der Waals surface area contributed by atoms with E-state index in [1.807, 2.05) is 37.3 Å². The molecule has 5 nitrogen and oxygen atoms in total. The highest BCUT2D eigenvalue weighted by atomic mass is 19.1. The Labute approximate surface area is 138 Å². The van der Waals surface area contributed by atoms with Crippen LogP contribution in [-0.2, 0) is 13.2 Å². The van der Waals surface area contributed by atoms with Gasteiger partial charge in [0.15, 0.2) is 6.29 Å². The molecule has 24 heavy (non-hydrogen) atoms. The summed E-state index contributed by atoms with van der Waals surface area (Å²) >= 11 is 0. The fourth-order valence-electron chi connectivity index (χ4n) is 2.31. The maximum atomic E-state index is 13.3. The van der Waals surface area contributed by atoms with Crippen LogP contribution in [0.3, 0.4) is 0 Å². The Morgan fingerprint density at radius 2 is 2.00 bits per heavy atom. The van der Waals surface area contributed by atoms with Gasteiger partial charge in [-0.25, -0.2) is 9.07 Å².